The normalized spacial score (nSPS) is 17.0. The summed E-state index contributed by atoms with van der Waals surface area (Å²) in [5.74, 6) is 0.146. The van der Waals surface area contributed by atoms with Crippen LogP contribution in [0.3, 0.4) is 0 Å². The number of carbonyl (C=O) groups excluding carboxylic acids is 1. The predicted molar refractivity (Wildman–Crippen MR) is 97.2 cm³/mol. The standard InChI is InChI=1S/C22H22O/c1-15(2)21-20(13-14-23)19-12-8-7-11-18(19)16(3)22(21)17-9-5-4-6-10-17/h4-12,14,20H,13H2,1-3H3. The molecular formula is C22H22O. The molecule has 1 heteroatoms. The minimum absolute atomic E-state index is 0.146. The van der Waals surface area contributed by atoms with Gasteiger partial charge in [0.2, 0.25) is 0 Å². The van der Waals surface area contributed by atoms with Crippen LogP contribution in [0.15, 0.2) is 65.7 Å². The third-order valence-electron chi connectivity index (χ3n) is 4.67. The van der Waals surface area contributed by atoms with Gasteiger partial charge in [-0.3, -0.25) is 0 Å². The number of fused-ring (bicyclic) bond motifs is 1. The van der Waals surface area contributed by atoms with Crippen LogP contribution in [0.4, 0.5) is 0 Å². The number of allylic oxidation sites excluding steroid dienone is 4. The third-order valence-corrected chi connectivity index (χ3v) is 4.67. The van der Waals surface area contributed by atoms with Crippen LogP contribution >= 0.6 is 0 Å². The molecule has 1 aliphatic rings. The molecule has 0 saturated carbocycles. The highest BCUT2D eigenvalue weighted by atomic mass is 16.1. The summed E-state index contributed by atoms with van der Waals surface area (Å²) in [6.45, 7) is 6.50. The first-order valence-corrected chi connectivity index (χ1v) is 8.12. The van der Waals surface area contributed by atoms with Gasteiger partial charge in [-0.1, -0.05) is 60.2 Å². The molecule has 2 aromatic carbocycles. The maximum absolute atomic E-state index is 11.3. The summed E-state index contributed by atoms with van der Waals surface area (Å²) in [6, 6.07) is 19.0. The molecule has 0 aromatic heterocycles. The van der Waals surface area contributed by atoms with E-state index in [0.717, 1.165) is 6.29 Å². The Hall–Kier alpha value is -2.41. The second-order valence-electron chi connectivity index (χ2n) is 6.32. The van der Waals surface area contributed by atoms with Gasteiger partial charge < -0.3 is 4.79 Å². The average molecular weight is 302 g/mol. The van der Waals surface area contributed by atoms with E-state index in [4.69, 9.17) is 0 Å². The summed E-state index contributed by atoms with van der Waals surface area (Å²) in [7, 11) is 0. The van der Waals surface area contributed by atoms with Crippen LogP contribution in [-0.4, -0.2) is 6.29 Å². The van der Waals surface area contributed by atoms with Crippen molar-refractivity contribution >= 4 is 17.4 Å². The summed E-state index contributed by atoms with van der Waals surface area (Å²) in [5.41, 5.74) is 8.94. The third kappa shape index (κ3) is 2.68. The quantitative estimate of drug-likeness (QED) is 0.670. The van der Waals surface area contributed by atoms with E-state index >= 15 is 0 Å². The monoisotopic (exact) mass is 302 g/mol. The van der Waals surface area contributed by atoms with Gasteiger partial charge in [-0.05, 0) is 54.2 Å². The van der Waals surface area contributed by atoms with Crippen LogP contribution in [0, 0.1) is 0 Å². The smallest absolute Gasteiger partial charge is 0.120 e. The average Bonchev–Trinajstić information content (AvgIpc) is 2.57. The van der Waals surface area contributed by atoms with Gasteiger partial charge in [-0.2, -0.15) is 0 Å². The van der Waals surface area contributed by atoms with Gasteiger partial charge in [0.15, 0.2) is 0 Å². The molecule has 3 rings (SSSR count). The van der Waals surface area contributed by atoms with Crippen molar-refractivity contribution in [3.05, 3.63) is 82.4 Å². The molecule has 1 unspecified atom stereocenters. The Morgan fingerprint density at radius 1 is 1.00 bits per heavy atom. The van der Waals surface area contributed by atoms with Crippen LogP contribution < -0.4 is 0 Å². The van der Waals surface area contributed by atoms with Gasteiger partial charge in [0.1, 0.15) is 6.29 Å². The molecule has 1 atom stereocenters. The highest BCUT2D eigenvalue weighted by Crippen LogP contribution is 2.48. The second-order valence-corrected chi connectivity index (χ2v) is 6.32. The van der Waals surface area contributed by atoms with Crippen LogP contribution in [-0.2, 0) is 4.79 Å². The first-order valence-electron chi connectivity index (χ1n) is 8.12. The summed E-state index contributed by atoms with van der Waals surface area (Å²) >= 11 is 0. The van der Waals surface area contributed by atoms with Gasteiger partial charge >= 0.3 is 0 Å². The van der Waals surface area contributed by atoms with Crippen molar-refractivity contribution in [2.24, 2.45) is 0 Å². The van der Waals surface area contributed by atoms with Crippen LogP contribution in [0.25, 0.3) is 11.1 Å². The lowest BCUT2D eigenvalue weighted by Crippen LogP contribution is -2.15. The molecule has 0 bridgehead atoms. The maximum atomic E-state index is 11.3. The number of carbonyl (C=O) groups is 1. The van der Waals surface area contributed by atoms with Crippen molar-refractivity contribution in [3.8, 4) is 0 Å². The van der Waals surface area contributed by atoms with Crippen molar-refractivity contribution in [1.82, 2.24) is 0 Å². The molecule has 0 heterocycles. The fraction of sp³-hybridized carbons (Fsp3) is 0.227. The Balaban J connectivity index is 2.35. The van der Waals surface area contributed by atoms with E-state index in [1.165, 1.54) is 39.0 Å². The maximum Gasteiger partial charge on any atom is 0.120 e. The topological polar surface area (TPSA) is 17.1 Å². The molecule has 116 valence electrons. The molecule has 2 aromatic rings. The molecule has 0 spiro atoms. The largest absolute Gasteiger partial charge is 0.303 e. The first kappa shape index (κ1) is 15.5. The molecule has 0 amide bonds. The van der Waals surface area contributed by atoms with E-state index in [-0.39, 0.29) is 5.92 Å². The Kier molecular flexibility index (Phi) is 4.29. The Labute approximate surface area is 138 Å². The first-order chi connectivity index (χ1) is 11.1. The van der Waals surface area contributed by atoms with E-state index < -0.39 is 0 Å². The minimum atomic E-state index is 0.146. The van der Waals surface area contributed by atoms with E-state index in [1.807, 2.05) is 6.07 Å². The summed E-state index contributed by atoms with van der Waals surface area (Å²) in [5, 5.41) is 0. The molecule has 1 aliphatic carbocycles. The zero-order chi connectivity index (χ0) is 16.4. The van der Waals surface area contributed by atoms with Crippen LogP contribution in [0.2, 0.25) is 0 Å². The lowest BCUT2D eigenvalue weighted by atomic mass is 9.71. The highest BCUT2D eigenvalue weighted by molar-refractivity contribution is 6.02. The second kappa shape index (κ2) is 6.37. The molecule has 0 fully saturated rings. The zero-order valence-electron chi connectivity index (χ0n) is 14.0. The molecule has 0 N–H and O–H groups in total. The van der Waals surface area contributed by atoms with Crippen molar-refractivity contribution in [1.29, 1.82) is 0 Å². The fourth-order valence-corrected chi connectivity index (χ4v) is 3.73. The summed E-state index contributed by atoms with van der Waals surface area (Å²) < 4.78 is 0. The number of hydrogen-bond donors (Lipinski definition) is 0. The number of hydrogen-bond acceptors (Lipinski definition) is 1. The van der Waals surface area contributed by atoms with Gasteiger partial charge in [0.25, 0.3) is 0 Å². The van der Waals surface area contributed by atoms with E-state index in [2.05, 4.69) is 69.3 Å². The highest BCUT2D eigenvalue weighted by Gasteiger charge is 2.30. The van der Waals surface area contributed by atoms with Gasteiger partial charge in [-0.15, -0.1) is 0 Å². The molecule has 23 heavy (non-hydrogen) atoms. The lowest BCUT2D eigenvalue weighted by Gasteiger charge is -2.32. The van der Waals surface area contributed by atoms with Crippen LogP contribution in [0.5, 0.6) is 0 Å². The Morgan fingerprint density at radius 3 is 2.30 bits per heavy atom. The van der Waals surface area contributed by atoms with Crippen molar-refractivity contribution in [2.45, 2.75) is 33.1 Å². The molecule has 0 saturated heterocycles. The van der Waals surface area contributed by atoms with Crippen LogP contribution in [0.1, 0.15) is 49.8 Å². The summed E-state index contributed by atoms with van der Waals surface area (Å²) in [4.78, 5) is 11.3. The molecular weight excluding hydrogens is 280 g/mol. The Morgan fingerprint density at radius 2 is 1.65 bits per heavy atom. The summed E-state index contributed by atoms with van der Waals surface area (Å²) in [6.07, 6.45) is 1.58. The van der Waals surface area contributed by atoms with Crippen molar-refractivity contribution in [2.75, 3.05) is 0 Å². The van der Waals surface area contributed by atoms with E-state index in [0.29, 0.717) is 6.42 Å². The molecule has 1 nitrogen and oxygen atoms in total. The molecule has 0 radical (unpaired) electrons. The fourth-order valence-electron chi connectivity index (χ4n) is 3.73. The van der Waals surface area contributed by atoms with Crippen molar-refractivity contribution < 1.29 is 4.79 Å². The van der Waals surface area contributed by atoms with E-state index in [9.17, 15) is 4.79 Å². The number of rotatable bonds is 3. The predicted octanol–water partition coefficient (Wildman–Crippen LogP) is 5.64. The Bertz CT molecular complexity index is 790. The van der Waals surface area contributed by atoms with Gasteiger partial charge in [0.05, 0.1) is 0 Å². The van der Waals surface area contributed by atoms with Gasteiger partial charge in [-0.25, -0.2) is 0 Å². The number of benzene rings is 2. The number of aldehydes is 1. The van der Waals surface area contributed by atoms with Crippen molar-refractivity contribution in [3.63, 3.8) is 0 Å². The SMILES string of the molecule is CC(C)=C1C(c2ccccc2)=C(C)c2ccccc2C1CC=O. The van der Waals surface area contributed by atoms with Gasteiger partial charge in [0, 0.05) is 12.3 Å². The minimum Gasteiger partial charge on any atom is -0.303 e. The lowest BCUT2D eigenvalue weighted by molar-refractivity contribution is -0.108. The van der Waals surface area contributed by atoms with E-state index in [1.54, 1.807) is 0 Å². The zero-order valence-corrected chi connectivity index (χ0v) is 14.0. The molecule has 0 aliphatic heterocycles.